The van der Waals surface area contributed by atoms with E-state index in [0.717, 1.165) is 57.1 Å². The van der Waals surface area contributed by atoms with Gasteiger partial charge in [-0.2, -0.15) is 28.4 Å². The number of ether oxygens (including phenoxy) is 1. The Morgan fingerprint density at radius 2 is 1.90 bits per heavy atom. The number of halogens is 6. The highest BCUT2D eigenvalue weighted by Crippen LogP contribution is 2.47. The van der Waals surface area contributed by atoms with Crippen molar-refractivity contribution in [3.63, 3.8) is 0 Å². The summed E-state index contributed by atoms with van der Waals surface area (Å²) in [6.45, 7) is 11.1. The van der Waals surface area contributed by atoms with Gasteiger partial charge in [0.1, 0.15) is 34.4 Å². The van der Waals surface area contributed by atoms with Crippen LogP contribution in [-0.2, 0) is 11.0 Å². The van der Waals surface area contributed by atoms with Crippen LogP contribution in [0.2, 0.25) is 0 Å². The van der Waals surface area contributed by atoms with Crippen LogP contribution >= 0.6 is 11.3 Å². The van der Waals surface area contributed by atoms with Crippen molar-refractivity contribution in [3.8, 4) is 23.2 Å². The molecule has 278 valence electrons. The number of hydrogen-bond donors (Lipinski definition) is 2. The summed E-state index contributed by atoms with van der Waals surface area (Å²) in [5.41, 5.74) is 3.25. The molecule has 2 aromatic carbocycles. The molecular weight excluding hydrogens is 708 g/mol. The minimum atomic E-state index is -5.00. The van der Waals surface area contributed by atoms with E-state index in [2.05, 4.69) is 26.8 Å². The molecule has 2 atom stereocenters. The molecule has 5 heterocycles. The third-order valence-corrected chi connectivity index (χ3v) is 10.2. The maximum Gasteiger partial charge on any atom is 0.417 e. The lowest BCUT2D eigenvalue weighted by molar-refractivity contribution is -0.137. The molecule has 0 bridgehead atoms. The van der Waals surface area contributed by atoms with E-state index in [1.807, 2.05) is 4.90 Å². The average molecular weight is 748 g/mol. The van der Waals surface area contributed by atoms with Crippen LogP contribution in [0.4, 0.5) is 37.2 Å². The number of likely N-dealkylation sites (tertiary alicyclic amines) is 1. The molecule has 9 nitrogen and oxygen atoms in total. The highest BCUT2D eigenvalue weighted by Gasteiger charge is 2.38. The number of methoxy groups -OCH3 is 1. The van der Waals surface area contributed by atoms with E-state index in [0.29, 0.717) is 29.5 Å². The minimum Gasteiger partial charge on any atom is -0.467 e. The monoisotopic (exact) mass is 747 g/mol. The summed E-state index contributed by atoms with van der Waals surface area (Å²) in [4.78, 5) is 23.2. The summed E-state index contributed by atoms with van der Waals surface area (Å²) >= 11 is 0.698. The van der Waals surface area contributed by atoms with E-state index >= 15 is 4.39 Å². The average Bonchev–Trinajstić information content (AvgIpc) is 3.90. The fraction of sp³-hybridized carbons (Fsp3) is 0.444. The molecule has 2 unspecified atom stereocenters. The topological polar surface area (TPSA) is 120 Å². The summed E-state index contributed by atoms with van der Waals surface area (Å²) in [5.74, 6) is -2.03. The van der Waals surface area contributed by atoms with Gasteiger partial charge >= 0.3 is 12.2 Å². The quantitative estimate of drug-likeness (QED) is 0.155. The van der Waals surface area contributed by atoms with Crippen LogP contribution in [0.15, 0.2) is 30.4 Å². The summed E-state index contributed by atoms with van der Waals surface area (Å²) in [6.07, 6.45) is 0.119. The van der Waals surface area contributed by atoms with Gasteiger partial charge in [0.2, 0.25) is 5.91 Å². The van der Waals surface area contributed by atoms with E-state index in [-0.39, 0.29) is 55.9 Å². The lowest BCUT2D eigenvalue weighted by Crippen LogP contribution is -2.27. The van der Waals surface area contributed by atoms with Gasteiger partial charge in [-0.25, -0.2) is 13.2 Å². The number of nitrogens with one attached hydrogen (secondary N) is 1. The van der Waals surface area contributed by atoms with Gasteiger partial charge in [0.05, 0.1) is 22.9 Å². The predicted molar refractivity (Wildman–Crippen MR) is 190 cm³/mol. The molecule has 4 aromatic rings. The first kappa shape index (κ1) is 38.6. The molecule has 3 N–H and O–H groups in total. The van der Waals surface area contributed by atoms with Crippen LogP contribution in [0.1, 0.15) is 57.1 Å². The zero-order valence-electron chi connectivity index (χ0n) is 29.0. The normalized spacial score (nSPS) is 18.3. The second-order valence-corrected chi connectivity index (χ2v) is 13.8. The molecule has 52 heavy (non-hydrogen) atoms. The predicted octanol–water partition coefficient (Wildman–Crippen LogP) is 8.08. The molecular formula is C36H39F6N7O2S. The fourth-order valence-electron chi connectivity index (χ4n) is 6.81. The van der Waals surface area contributed by atoms with Gasteiger partial charge in [0.25, 0.3) is 0 Å². The number of alkyl halides is 4. The number of aromatic nitrogens is 2. The maximum absolute atomic E-state index is 15.9. The van der Waals surface area contributed by atoms with Gasteiger partial charge in [-0.05, 0) is 70.2 Å². The number of nitrogens with zero attached hydrogens (tertiary/aromatic N) is 5. The van der Waals surface area contributed by atoms with Crippen LogP contribution in [0, 0.1) is 23.0 Å². The van der Waals surface area contributed by atoms with E-state index < -0.39 is 40.6 Å². The first-order chi connectivity index (χ1) is 24.7. The number of fused-ring (bicyclic) bond motifs is 3. The number of amides is 1. The Kier molecular flexibility index (Phi) is 11.8. The van der Waals surface area contributed by atoms with Crippen LogP contribution in [-0.4, -0.2) is 77.7 Å². The number of anilines is 2. The Morgan fingerprint density at radius 1 is 1.19 bits per heavy atom. The van der Waals surface area contributed by atoms with E-state index in [9.17, 15) is 32.0 Å². The highest BCUT2D eigenvalue weighted by molar-refractivity contribution is 7.23. The van der Waals surface area contributed by atoms with Gasteiger partial charge in [0.15, 0.2) is 5.82 Å². The summed E-state index contributed by atoms with van der Waals surface area (Å²) in [5, 5.41) is 11.8. The number of hydrogen-bond acceptors (Lipinski definition) is 9. The Balaban J connectivity index is 0.000000221. The zero-order valence-corrected chi connectivity index (χ0v) is 29.8. The Morgan fingerprint density at radius 3 is 2.50 bits per heavy atom. The third-order valence-electron chi connectivity index (χ3n) is 9.16. The molecule has 3 saturated heterocycles. The van der Waals surface area contributed by atoms with Crippen LogP contribution in [0.5, 0.6) is 6.01 Å². The van der Waals surface area contributed by atoms with Crippen molar-refractivity contribution >= 4 is 49.1 Å². The summed E-state index contributed by atoms with van der Waals surface area (Å²) < 4.78 is 90.2. The SMILES string of the molecule is C=C(C)C(=O)N1CCCC1.CCNc1nc(OC)nc2c(F)c(-c3ccc(F)c4sc(N)c(C#N)c34)c(C(F)(F)F)cc12.FC1CC2CCCN2C1. The molecule has 3 fully saturated rings. The Bertz CT molecular complexity index is 2010. The van der Waals surface area contributed by atoms with E-state index in [4.69, 9.17) is 10.5 Å². The van der Waals surface area contributed by atoms with Crippen molar-refractivity contribution in [2.45, 2.75) is 64.3 Å². The second-order valence-electron chi connectivity index (χ2n) is 12.8. The van der Waals surface area contributed by atoms with Crippen molar-refractivity contribution in [3.05, 3.63) is 53.1 Å². The fourth-order valence-corrected chi connectivity index (χ4v) is 7.76. The molecule has 1 amide bonds. The van der Waals surface area contributed by atoms with Crippen molar-refractivity contribution in [1.29, 1.82) is 5.26 Å². The first-order valence-corrected chi connectivity index (χ1v) is 17.6. The molecule has 0 aliphatic carbocycles. The molecule has 2 aromatic heterocycles. The minimum absolute atomic E-state index is 0.0444. The van der Waals surface area contributed by atoms with Crippen molar-refractivity contribution in [2.24, 2.45) is 0 Å². The van der Waals surface area contributed by atoms with E-state index in [1.54, 1.807) is 19.9 Å². The molecule has 0 spiro atoms. The van der Waals surface area contributed by atoms with E-state index in [1.165, 1.54) is 20.0 Å². The summed E-state index contributed by atoms with van der Waals surface area (Å²) in [7, 11) is 1.23. The number of carbonyl (C=O) groups is 1. The first-order valence-electron chi connectivity index (χ1n) is 16.8. The van der Waals surface area contributed by atoms with Crippen LogP contribution < -0.4 is 15.8 Å². The molecule has 3 aliphatic heterocycles. The Labute approximate surface area is 301 Å². The summed E-state index contributed by atoms with van der Waals surface area (Å²) in [6, 6.07) is 4.75. The maximum atomic E-state index is 15.9. The lowest BCUT2D eigenvalue weighted by atomic mass is 9.92. The number of rotatable bonds is 5. The molecule has 0 saturated carbocycles. The highest BCUT2D eigenvalue weighted by atomic mass is 32.1. The van der Waals surface area contributed by atoms with Gasteiger partial charge in [-0.3, -0.25) is 9.69 Å². The van der Waals surface area contributed by atoms with Gasteiger partial charge < -0.3 is 20.7 Å². The molecule has 7 rings (SSSR count). The van der Waals surface area contributed by atoms with Crippen molar-refractivity contribution in [1.82, 2.24) is 19.8 Å². The number of nitrogens with two attached hydrogens (primary N) is 1. The van der Waals surface area contributed by atoms with Gasteiger partial charge in [0, 0.05) is 54.1 Å². The Hall–Kier alpha value is -4.62. The molecule has 3 aliphatic rings. The smallest absolute Gasteiger partial charge is 0.417 e. The van der Waals surface area contributed by atoms with Gasteiger partial charge in [-0.15, -0.1) is 11.3 Å². The number of thiophene rings is 1. The molecule has 0 radical (unpaired) electrons. The number of nitriles is 1. The van der Waals surface area contributed by atoms with Crippen molar-refractivity contribution < 1.29 is 35.9 Å². The second kappa shape index (κ2) is 16.0. The largest absolute Gasteiger partial charge is 0.467 e. The van der Waals surface area contributed by atoms with Gasteiger partial charge in [-0.1, -0.05) is 12.6 Å². The van der Waals surface area contributed by atoms with Crippen molar-refractivity contribution in [2.75, 3.05) is 50.9 Å². The number of carbonyl (C=O) groups excluding carboxylic acids is 1. The van der Waals surface area contributed by atoms with Crippen LogP contribution in [0.25, 0.3) is 32.1 Å². The number of benzene rings is 2. The van der Waals surface area contributed by atoms with Crippen LogP contribution in [0.3, 0.4) is 0 Å². The zero-order chi connectivity index (χ0) is 37.9. The third kappa shape index (κ3) is 7.90. The molecule has 16 heteroatoms. The standard InChI is InChI=1S/C21H14F5N5OS.C8H13NO.C7H12FN/c1-3-29-19-9-6-11(21(24,25)26)14(15(23)16(9)30-20(31-19)32-2)8-4-5-12(22)17-13(8)10(7-27)18(28)33-17;1-7(2)8(10)9-5-3-4-6-9;8-6-4-7-2-1-3-9(7)5-6/h4-6H,3,28H2,1-2H3,(H,29,30,31);1,3-6H2,2H3;6-7H,1-5H2. The number of nitrogen functional groups attached to an aromatic ring is 1. The lowest BCUT2D eigenvalue weighted by Gasteiger charge is -2.18.